The summed E-state index contributed by atoms with van der Waals surface area (Å²) in [5.74, 6) is 1.55. The number of methoxy groups -OCH3 is 1. The fraction of sp³-hybridized carbons (Fsp3) is 0.417. The molecule has 5 nitrogen and oxygen atoms in total. The number of benzene rings is 2. The third-order valence-corrected chi connectivity index (χ3v) is 6.41. The number of thioether (sulfide) groups is 1. The van der Waals surface area contributed by atoms with Crippen LogP contribution in [0.1, 0.15) is 49.9 Å². The summed E-state index contributed by atoms with van der Waals surface area (Å²) in [7, 11) is 1.69. The zero-order valence-electron chi connectivity index (χ0n) is 18.2. The molecule has 2 aromatic carbocycles. The van der Waals surface area contributed by atoms with Gasteiger partial charge in [0.1, 0.15) is 5.60 Å². The van der Waals surface area contributed by atoms with Crippen molar-refractivity contribution < 1.29 is 14.3 Å². The second-order valence-electron chi connectivity index (χ2n) is 9.19. The molecular weight excluding hydrogens is 396 g/mol. The van der Waals surface area contributed by atoms with Crippen molar-refractivity contribution in [3.8, 4) is 11.5 Å². The van der Waals surface area contributed by atoms with Crippen molar-refractivity contribution in [2.45, 2.75) is 56.6 Å². The van der Waals surface area contributed by atoms with E-state index in [0.717, 1.165) is 46.1 Å². The van der Waals surface area contributed by atoms with Gasteiger partial charge in [0.15, 0.2) is 11.5 Å². The smallest absolute Gasteiger partial charge is 0.227 e. The number of nitrogens with two attached hydrogens (primary N) is 1. The average molecular weight is 425 g/mol. The third-order valence-electron chi connectivity index (χ3n) is 5.39. The molecular formula is C24H28N2O3S. The van der Waals surface area contributed by atoms with Crippen molar-refractivity contribution in [3.05, 3.63) is 52.6 Å². The molecule has 0 spiro atoms. The van der Waals surface area contributed by atoms with E-state index in [0.29, 0.717) is 0 Å². The van der Waals surface area contributed by atoms with Gasteiger partial charge in [0.05, 0.1) is 24.1 Å². The summed E-state index contributed by atoms with van der Waals surface area (Å²) >= 11 is 1.44. The predicted octanol–water partition coefficient (Wildman–Crippen LogP) is 4.16. The van der Waals surface area contributed by atoms with E-state index in [2.05, 4.69) is 45.9 Å². The average Bonchev–Trinajstić information content (AvgIpc) is 2.99. The quantitative estimate of drug-likeness (QED) is 0.732. The zero-order valence-corrected chi connectivity index (χ0v) is 19.0. The number of hydrogen-bond acceptors (Lipinski definition) is 5. The van der Waals surface area contributed by atoms with Crippen LogP contribution in [0, 0.1) is 0 Å². The summed E-state index contributed by atoms with van der Waals surface area (Å²) in [6.07, 6.45) is 1.64. The first kappa shape index (κ1) is 20.8. The van der Waals surface area contributed by atoms with Gasteiger partial charge in [-0.25, -0.2) is 0 Å². The van der Waals surface area contributed by atoms with E-state index in [1.54, 1.807) is 7.11 Å². The Morgan fingerprint density at radius 3 is 2.70 bits per heavy atom. The van der Waals surface area contributed by atoms with Crippen LogP contribution in [0.3, 0.4) is 0 Å². The van der Waals surface area contributed by atoms with Crippen LogP contribution in [-0.4, -0.2) is 35.6 Å². The molecule has 1 amide bonds. The molecule has 30 heavy (non-hydrogen) atoms. The lowest BCUT2D eigenvalue weighted by Gasteiger charge is -2.31. The van der Waals surface area contributed by atoms with Crippen LogP contribution in [0.5, 0.6) is 11.5 Å². The number of hydrogen-bond donors (Lipinski definition) is 1. The molecule has 0 aliphatic carbocycles. The summed E-state index contributed by atoms with van der Waals surface area (Å²) < 4.78 is 12.0. The SMILES string of the molecule is COc1cc2c(c3c1OC(C)(C)C3)C(c1cccc(SCC(N)=O)c1)=NC(C)(C)C2. The third kappa shape index (κ3) is 3.93. The molecule has 2 aliphatic heterocycles. The Kier molecular flexibility index (Phi) is 5.09. The van der Waals surface area contributed by atoms with Crippen molar-refractivity contribution in [2.75, 3.05) is 12.9 Å². The second kappa shape index (κ2) is 7.34. The number of aliphatic imine (C=N–C) groups is 1. The van der Waals surface area contributed by atoms with Crippen molar-refractivity contribution >= 4 is 23.4 Å². The molecule has 158 valence electrons. The first-order chi connectivity index (χ1) is 14.1. The highest BCUT2D eigenvalue weighted by molar-refractivity contribution is 8.00. The molecule has 6 heteroatoms. The van der Waals surface area contributed by atoms with Crippen LogP contribution in [0.25, 0.3) is 0 Å². The van der Waals surface area contributed by atoms with E-state index >= 15 is 0 Å². The number of primary amides is 1. The largest absolute Gasteiger partial charge is 0.493 e. The highest BCUT2D eigenvalue weighted by Gasteiger charge is 2.39. The van der Waals surface area contributed by atoms with Crippen LogP contribution in [-0.2, 0) is 17.6 Å². The lowest BCUT2D eigenvalue weighted by atomic mass is 9.81. The van der Waals surface area contributed by atoms with E-state index in [4.69, 9.17) is 20.2 Å². The molecule has 0 fully saturated rings. The van der Waals surface area contributed by atoms with Gasteiger partial charge in [0.2, 0.25) is 5.91 Å². The number of fused-ring (bicyclic) bond motifs is 3. The standard InChI is InChI=1S/C24H28N2O3S/c1-23(2)11-15-10-18(28-5)22-17(12-24(3,4)29-22)20(15)21(26-23)14-7-6-8-16(9-14)30-13-19(25)27/h6-10H,11-13H2,1-5H3,(H2,25,27). The van der Waals surface area contributed by atoms with Crippen LogP contribution in [0.4, 0.5) is 0 Å². The summed E-state index contributed by atoms with van der Waals surface area (Å²) in [4.78, 5) is 17.4. The minimum Gasteiger partial charge on any atom is -0.493 e. The van der Waals surface area contributed by atoms with Gasteiger partial charge < -0.3 is 15.2 Å². The molecule has 0 bridgehead atoms. The highest BCUT2D eigenvalue weighted by atomic mass is 32.2. The van der Waals surface area contributed by atoms with Gasteiger partial charge >= 0.3 is 0 Å². The fourth-order valence-electron chi connectivity index (χ4n) is 4.32. The molecule has 2 heterocycles. The Bertz CT molecular complexity index is 1060. The summed E-state index contributed by atoms with van der Waals surface area (Å²) in [6.45, 7) is 8.51. The van der Waals surface area contributed by atoms with Crippen LogP contribution < -0.4 is 15.2 Å². The molecule has 0 atom stereocenters. The highest BCUT2D eigenvalue weighted by Crippen LogP contribution is 2.47. The molecule has 0 saturated heterocycles. The Balaban J connectivity index is 1.87. The number of amides is 1. The van der Waals surface area contributed by atoms with E-state index in [9.17, 15) is 4.79 Å². The minimum atomic E-state index is -0.323. The Morgan fingerprint density at radius 2 is 2.00 bits per heavy atom. The number of ether oxygens (including phenoxy) is 2. The monoisotopic (exact) mass is 424 g/mol. The molecule has 0 radical (unpaired) electrons. The predicted molar refractivity (Wildman–Crippen MR) is 121 cm³/mol. The molecule has 0 unspecified atom stereocenters. The van der Waals surface area contributed by atoms with Gasteiger partial charge in [0, 0.05) is 28.0 Å². The van der Waals surface area contributed by atoms with Crippen molar-refractivity contribution in [3.63, 3.8) is 0 Å². The van der Waals surface area contributed by atoms with Crippen LogP contribution in [0.2, 0.25) is 0 Å². The number of carbonyl (C=O) groups is 1. The lowest BCUT2D eigenvalue weighted by molar-refractivity contribution is -0.115. The molecule has 2 aliphatic rings. The fourth-order valence-corrected chi connectivity index (χ4v) is 5.01. The van der Waals surface area contributed by atoms with Crippen molar-refractivity contribution in [1.29, 1.82) is 0 Å². The molecule has 0 aromatic heterocycles. The van der Waals surface area contributed by atoms with Gasteiger partial charge in [-0.2, -0.15) is 0 Å². The number of nitrogens with zero attached hydrogens (tertiary/aromatic N) is 1. The Hall–Kier alpha value is -2.47. The minimum absolute atomic E-state index is 0.229. The van der Waals surface area contributed by atoms with Crippen LogP contribution in [0.15, 0.2) is 40.2 Å². The maximum Gasteiger partial charge on any atom is 0.227 e. The zero-order chi connectivity index (χ0) is 21.7. The van der Waals surface area contributed by atoms with Crippen molar-refractivity contribution in [1.82, 2.24) is 0 Å². The maximum absolute atomic E-state index is 11.2. The van der Waals surface area contributed by atoms with Gasteiger partial charge in [-0.1, -0.05) is 12.1 Å². The lowest BCUT2D eigenvalue weighted by Crippen LogP contribution is -2.30. The molecule has 0 saturated carbocycles. The molecule has 2 aromatic rings. The number of rotatable bonds is 5. The molecule has 4 rings (SSSR count). The summed E-state index contributed by atoms with van der Waals surface area (Å²) in [5.41, 5.74) is 10.4. The summed E-state index contributed by atoms with van der Waals surface area (Å²) in [5, 5.41) is 0. The maximum atomic E-state index is 11.2. The Morgan fingerprint density at radius 1 is 1.23 bits per heavy atom. The van der Waals surface area contributed by atoms with Crippen molar-refractivity contribution in [2.24, 2.45) is 10.7 Å². The first-order valence-corrected chi connectivity index (χ1v) is 11.1. The second-order valence-corrected chi connectivity index (χ2v) is 10.2. The Labute approximate surface area is 182 Å². The first-order valence-electron chi connectivity index (χ1n) is 10.1. The van der Waals surface area contributed by atoms with Gasteiger partial charge in [-0.15, -0.1) is 11.8 Å². The van der Waals surface area contributed by atoms with E-state index < -0.39 is 0 Å². The van der Waals surface area contributed by atoms with Gasteiger partial charge in [-0.05, 0) is 57.9 Å². The number of carbonyl (C=O) groups excluding carboxylic acids is 1. The van der Waals surface area contributed by atoms with Crippen LogP contribution >= 0.6 is 11.8 Å². The van der Waals surface area contributed by atoms with E-state index in [-0.39, 0.29) is 22.8 Å². The molecule has 2 N–H and O–H groups in total. The normalized spacial score (nSPS) is 18.1. The van der Waals surface area contributed by atoms with Gasteiger partial charge in [-0.3, -0.25) is 9.79 Å². The topological polar surface area (TPSA) is 73.9 Å². The van der Waals surface area contributed by atoms with E-state index in [1.165, 1.54) is 22.9 Å². The summed E-state index contributed by atoms with van der Waals surface area (Å²) in [6, 6.07) is 10.3. The van der Waals surface area contributed by atoms with Gasteiger partial charge in [0.25, 0.3) is 0 Å². The van der Waals surface area contributed by atoms with E-state index in [1.807, 2.05) is 12.1 Å².